The van der Waals surface area contributed by atoms with E-state index in [9.17, 15) is 0 Å². The molecule has 166 valence electrons. The highest BCUT2D eigenvalue weighted by Crippen LogP contribution is 2.37. The van der Waals surface area contributed by atoms with E-state index in [4.69, 9.17) is 4.98 Å². The average Bonchev–Trinajstić information content (AvgIpc) is 3.57. The molecule has 5 heterocycles. The number of imidazole rings is 1. The van der Waals surface area contributed by atoms with Crippen molar-refractivity contribution in [2.24, 2.45) is 0 Å². The maximum atomic E-state index is 15.8. The van der Waals surface area contributed by atoms with E-state index in [1.807, 2.05) is 44.2 Å². The Morgan fingerprint density at radius 3 is 2.68 bits per heavy atom. The third-order valence-corrected chi connectivity index (χ3v) is 7.14. The molecule has 0 aliphatic rings. The number of aryl methyl sites for hydroxylation is 1. The van der Waals surface area contributed by atoms with Crippen molar-refractivity contribution in [1.29, 1.82) is 0 Å². The fourth-order valence-electron chi connectivity index (χ4n) is 4.12. The van der Waals surface area contributed by atoms with Crippen LogP contribution in [-0.4, -0.2) is 30.1 Å². The normalized spacial score (nSPS) is 11.5. The van der Waals surface area contributed by atoms with E-state index in [-0.39, 0.29) is 5.82 Å². The van der Waals surface area contributed by atoms with Crippen molar-refractivity contribution in [2.45, 2.75) is 13.8 Å². The molecule has 2 N–H and O–H groups in total. The van der Waals surface area contributed by atoms with Crippen LogP contribution in [0.3, 0.4) is 0 Å². The van der Waals surface area contributed by atoms with E-state index in [2.05, 4.69) is 31.7 Å². The summed E-state index contributed by atoms with van der Waals surface area (Å²) in [4.78, 5) is 18.9. The molecule has 0 saturated heterocycles. The lowest BCUT2D eigenvalue weighted by atomic mass is 10.00. The van der Waals surface area contributed by atoms with Crippen LogP contribution in [0.2, 0.25) is 0 Å². The van der Waals surface area contributed by atoms with E-state index in [1.165, 1.54) is 0 Å². The minimum absolute atomic E-state index is 0.361. The molecule has 5 aromatic heterocycles. The van der Waals surface area contributed by atoms with Crippen molar-refractivity contribution in [3.05, 3.63) is 77.8 Å². The van der Waals surface area contributed by atoms with Crippen LogP contribution in [0, 0.1) is 12.7 Å². The van der Waals surface area contributed by atoms with E-state index in [1.54, 1.807) is 36.0 Å². The number of hydrogen-bond acceptors (Lipinski definition) is 5. The van der Waals surface area contributed by atoms with Crippen molar-refractivity contribution in [3.8, 4) is 33.2 Å². The summed E-state index contributed by atoms with van der Waals surface area (Å²) >= 11 is 1.62. The zero-order valence-electron chi connectivity index (χ0n) is 18.5. The number of halogens is 1. The van der Waals surface area contributed by atoms with Crippen molar-refractivity contribution in [2.75, 3.05) is 0 Å². The molecule has 0 unspecified atom stereocenters. The Kier molecular flexibility index (Phi) is 4.63. The Labute approximate surface area is 198 Å². The summed E-state index contributed by atoms with van der Waals surface area (Å²) in [6.07, 6.45) is 5.12. The number of H-pyrrole nitrogens is 2. The number of nitrogens with zero attached hydrogens (tertiary/aromatic N) is 4. The topological polar surface area (TPSA) is 83.1 Å². The Bertz CT molecular complexity index is 1720. The minimum Gasteiger partial charge on any atom is -0.336 e. The van der Waals surface area contributed by atoms with Gasteiger partial charge in [0.05, 0.1) is 21.3 Å². The second kappa shape index (κ2) is 7.71. The number of benzene rings is 1. The Balaban J connectivity index is 1.53. The first-order valence-corrected chi connectivity index (χ1v) is 11.5. The molecule has 0 atom stereocenters. The summed E-state index contributed by atoms with van der Waals surface area (Å²) in [5.41, 5.74) is 6.48. The smallest absolute Gasteiger partial charge is 0.159 e. The van der Waals surface area contributed by atoms with Crippen LogP contribution in [0.1, 0.15) is 17.4 Å². The molecule has 6 rings (SSSR count). The van der Waals surface area contributed by atoms with Crippen molar-refractivity contribution in [3.63, 3.8) is 0 Å². The van der Waals surface area contributed by atoms with Gasteiger partial charge in [0.1, 0.15) is 22.7 Å². The van der Waals surface area contributed by atoms with Crippen LogP contribution >= 0.6 is 11.3 Å². The molecule has 0 aliphatic carbocycles. The van der Waals surface area contributed by atoms with Gasteiger partial charge in [0, 0.05) is 34.6 Å². The van der Waals surface area contributed by atoms with E-state index >= 15 is 4.39 Å². The molecule has 0 saturated carbocycles. The van der Waals surface area contributed by atoms with E-state index in [0.717, 1.165) is 37.7 Å². The molecule has 34 heavy (non-hydrogen) atoms. The van der Waals surface area contributed by atoms with E-state index < -0.39 is 0 Å². The SMILES string of the molecule is C=C(C)c1ccc(-c2nccc3[nH]c(-c4n[nH]c5ccc(-c6cnccc6C)c(F)c45)nc23)s1. The summed E-state index contributed by atoms with van der Waals surface area (Å²) in [6.45, 7) is 7.94. The highest BCUT2D eigenvalue weighted by atomic mass is 32.1. The molecule has 1 aromatic carbocycles. The molecular formula is C26H19FN6S. The molecule has 0 spiro atoms. The van der Waals surface area contributed by atoms with Gasteiger partial charge < -0.3 is 4.98 Å². The first-order valence-electron chi connectivity index (χ1n) is 10.7. The first-order chi connectivity index (χ1) is 16.5. The maximum absolute atomic E-state index is 15.8. The fourth-order valence-corrected chi connectivity index (χ4v) is 5.05. The second-order valence-electron chi connectivity index (χ2n) is 8.20. The lowest BCUT2D eigenvalue weighted by molar-refractivity contribution is 0.643. The zero-order chi connectivity index (χ0) is 23.4. The number of allylic oxidation sites excluding steroid dienone is 1. The lowest BCUT2D eigenvalue weighted by Crippen LogP contribution is -1.91. The van der Waals surface area contributed by atoms with Crippen LogP contribution in [0.4, 0.5) is 4.39 Å². The summed E-state index contributed by atoms with van der Waals surface area (Å²) in [7, 11) is 0. The van der Waals surface area contributed by atoms with Gasteiger partial charge in [0.25, 0.3) is 0 Å². The number of thiophene rings is 1. The van der Waals surface area contributed by atoms with Gasteiger partial charge in [0.15, 0.2) is 5.82 Å². The standard InChI is InChI=1S/C26H19FN6S/c1-13(2)19-6-7-20(34-19)24-23-18(9-11-29-24)30-26(31-23)25-21-17(32-33-25)5-4-15(22(21)27)16-12-28-10-8-14(16)3/h4-12H,1H2,2-3H3,(H,30,31)(H,32,33). The van der Waals surface area contributed by atoms with Crippen molar-refractivity contribution >= 4 is 38.8 Å². The first kappa shape index (κ1) is 20.4. The fraction of sp³-hybridized carbons (Fsp3) is 0.0769. The van der Waals surface area contributed by atoms with Gasteiger partial charge in [-0.25, -0.2) is 9.37 Å². The van der Waals surface area contributed by atoms with Crippen molar-refractivity contribution in [1.82, 2.24) is 30.1 Å². The Morgan fingerprint density at radius 2 is 1.88 bits per heavy atom. The molecular weight excluding hydrogens is 447 g/mol. The van der Waals surface area contributed by atoms with Crippen molar-refractivity contribution < 1.29 is 4.39 Å². The molecule has 0 radical (unpaired) electrons. The summed E-state index contributed by atoms with van der Waals surface area (Å²) in [5.74, 6) is 0.117. The number of hydrogen-bond donors (Lipinski definition) is 2. The van der Waals surface area contributed by atoms with Crippen LogP contribution < -0.4 is 0 Å². The molecule has 0 bridgehead atoms. The Morgan fingerprint density at radius 1 is 1.00 bits per heavy atom. The number of fused-ring (bicyclic) bond motifs is 2. The van der Waals surface area contributed by atoms with Gasteiger partial charge in [-0.05, 0) is 61.4 Å². The zero-order valence-corrected chi connectivity index (χ0v) is 19.3. The van der Waals surface area contributed by atoms with Gasteiger partial charge in [-0.3, -0.25) is 15.1 Å². The number of rotatable bonds is 4. The van der Waals surface area contributed by atoms with Crippen LogP contribution in [-0.2, 0) is 0 Å². The largest absolute Gasteiger partial charge is 0.336 e. The monoisotopic (exact) mass is 466 g/mol. The molecule has 0 amide bonds. The number of aromatic amines is 2. The quantitative estimate of drug-likeness (QED) is 0.300. The summed E-state index contributed by atoms with van der Waals surface area (Å²) in [5, 5.41) is 7.73. The Hall–Kier alpha value is -4.17. The number of nitrogens with one attached hydrogen (secondary N) is 2. The van der Waals surface area contributed by atoms with Gasteiger partial charge in [-0.2, -0.15) is 5.10 Å². The van der Waals surface area contributed by atoms with Crippen LogP contribution in [0.15, 0.2) is 61.6 Å². The van der Waals surface area contributed by atoms with Gasteiger partial charge >= 0.3 is 0 Å². The number of pyridine rings is 2. The molecule has 6 aromatic rings. The van der Waals surface area contributed by atoms with Gasteiger partial charge in [-0.15, -0.1) is 11.3 Å². The lowest BCUT2D eigenvalue weighted by Gasteiger charge is -2.07. The molecule has 6 nitrogen and oxygen atoms in total. The molecule has 0 aliphatic heterocycles. The summed E-state index contributed by atoms with van der Waals surface area (Å²) in [6, 6.07) is 11.4. The average molecular weight is 467 g/mol. The highest BCUT2D eigenvalue weighted by Gasteiger charge is 2.21. The predicted molar refractivity (Wildman–Crippen MR) is 135 cm³/mol. The molecule has 8 heteroatoms. The molecule has 0 fully saturated rings. The number of aromatic nitrogens is 6. The minimum atomic E-state index is -0.361. The maximum Gasteiger partial charge on any atom is 0.159 e. The van der Waals surface area contributed by atoms with E-state index in [0.29, 0.717) is 33.5 Å². The van der Waals surface area contributed by atoms with Gasteiger partial charge in [0.2, 0.25) is 0 Å². The van der Waals surface area contributed by atoms with Crippen LogP contribution in [0.25, 0.3) is 60.7 Å². The third kappa shape index (κ3) is 3.14. The third-order valence-electron chi connectivity index (χ3n) is 5.88. The second-order valence-corrected chi connectivity index (χ2v) is 9.28. The van der Waals surface area contributed by atoms with Crippen LogP contribution in [0.5, 0.6) is 0 Å². The summed E-state index contributed by atoms with van der Waals surface area (Å²) < 4.78 is 15.8. The predicted octanol–water partition coefficient (Wildman–Crippen LogP) is 6.77. The van der Waals surface area contributed by atoms with Gasteiger partial charge in [-0.1, -0.05) is 6.58 Å². The highest BCUT2D eigenvalue weighted by molar-refractivity contribution is 7.16.